The Morgan fingerprint density at radius 3 is 2.59 bits per heavy atom. The van der Waals surface area contributed by atoms with E-state index in [9.17, 15) is 9.59 Å². The van der Waals surface area contributed by atoms with Crippen LogP contribution in [0.2, 0.25) is 0 Å². The molecule has 166 valence electrons. The quantitative estimate of drug-likeness (QED) is 0.566. The summed E-state index contributed by atoms with van der Waals surface area (Å²) in [6.45, 7) is 3.79. The number of furan rings is 1. The van der Waals surface area contributed by atoms with E-state index in [1.807, 2.05) is 48.5 Å². The van der Waals surface area contributed by atoms with Crippen molar-refractivity contribution in [1.82, 2.24) is 15.5 Å². The molecule has 0 saturated carbocycles. The number of carbonyl (C=O) groups excluding carboxylic acids is 2. The molecule has 3 saturated heterocycles. The van der Waals surface area contributed by atoms with Gasteiger partial charge in [0.15, 0.2) is 11.5 Å². The second-order valence-electron chi connectivity index (χ2n) is 8.95. The molecule has 1 atom stereocenters. The molecule has 32 heavy (non-hydrogen) atoms. The molecule has 0 unspecified atom stereocenters. The number of piperidine rings is 3. The highest BCUT2D eigenvalue weighted by Crippen LogP contribution is 2.37. The molecule has 6 heteroatoms. The summed E-state index contributed by atoms with van der Waals surface area (Å²) < 4.78 is 6.18. The number of hydrogen-bond acceptors (Lipinski definition) is 4. The molecular weight excluding hydrogens is 402 g/mol. The van der Waals surface area contributed by atoms with Crippen LogP contribution in [0.1, 0.15) is 35.4 Å². The second kappa shape index (κ2) is 8.79. The number of urea groups is 1. The Hall–Kier alpha value is -3.12. The van der Waals surface area contributed by atoms with E-state index in [-0.39, 0.29) is 11.8 Å². The highest BCUT2D eigenvalue weighted by Gasteiger charge is 2.35. The van der Waals surface area contributed by atoms with Crippen LogP contribution in [-0.2, 0) is 6.54 Å². The SMILES string of the molecule is CNC(=O)NCc1ccccc1-c1cccc2cc(C(=O)C[C@H]3CN4CCC3CC4)oc12. The van der Waals surface area contributed by atoms with Crippen molar-refractivity contribution in [3.63, 3.8) is 0 Å². The standard InChI is InChI=1S/C26H29N3O3/c1-27-26(31)28-15-19-5-2-3-7-21(19)22-8-4-6-18-14-24(32-25(18)22)23(30)13-20-16-29-11-9-17(20)10-12-29/h2-8,14,17,20H,9-13,15-16H2,1H3,(H2,27,28,31)/t20-/m0/s1. The third-order valence-electron chi connectivity index (χ3n) is 7.03. The number of nitrogens with zero attached hydrogens (tertiary/aromatic N) is 1. The minimum Gasteiger partial charge on any atom is -0.452 e. The topological polar surface area (TPSA) is 74.6 Å². The number of carbonyl (C=O) groups is 2. The largest absolute Gasteiger partial charge is 0.452 e. The summed E-state index contributed by atoms with van der Waals surface area (Å²) in [6.07, 6.45) is 2.98. The van der Waals surface area contributed by atoms with Gasteiger partial charge < -0.3 is 20.0 Å². The van der Waals surface area contributed by atoms with Crippen LogP contribution in [0.25, 0.3) is 22.1 Å². The number of benzene rings is 2. The molecule has 3 aliphatic rings. The normalized spacial score (nSPS) is 22.1. The van der Waals surface area contributed by atoms with Gasteiger partial charge in [0.2, 0.25) is 0 Å². The molecule has 6 rings (SSSR count). The van der Waals surface area contributed by atoms with Crippen LogP contribution < -0.4 is 10.6 Å². The number of ketones is 1. The first kappa shape index (κ1) is 20.8. The molecule has 0 spiro atoms. The van der Waals surface area contributed by atoms with Gasteiger partial charge in [-0.05, 0) is 55.0 Å². The molecule has 2 amide bonds. The highest BCUT2D eigenvalue weighted by atomic mass is 16.3. The minimum atomic E-state index is -0.225. The van der Waals surface area contributed by atoms with Gasteiger partial charge >= 0.3 is 6.03 Å². The lowest BCUT2D eigenvalue weighted by Crippen LogP contribution is -2.47. The fourth-order valence-electron chi connectivity index (χ4n) is 5.27. The van der Waals surface area contributed by atoms with Gasteiger partial charge in [0.05, 0.1) is 0 Å². The van der Waals surface area contributed by atoms with Gasteiger partial charge in [-0.15, -0.1) is 0 Å². The zero-order valence-corrected chi connectivity index (χ0v) is 18.4. The Labute approximate surface area is 188 Å². The predicted octanol–water partition coefficient (Wildman–Crippen LogP) is 4.44. The molecule has 2 aromatic carbocycles. The maximum Gasteiger partial charge on any atom is 0.314 e. The van der Waals surface area contributed by atoms with Crippen LogP contribution in [0.15, 0.2) is 52.9 Å². The van der Waals surface area contributed by atoms with E-state index in [0.717, 1.165) is 34.2 Å². The van der Waals surface area contributed by atoms with Crippen molar-refractivity contribution in [1.29, 1.82) is 0 Å². The maximum absolute atomic E-state index is 13.1. The zero-order chi connectivity index (χ0) is 22.1. The summed E-state index contributed by atoms with van der Waals surface area (Å²) >= 11 is 0. The van der Waals surface area contributed by atoms with Crippen LogP contribution in [0.3, 0.4) is 0 Å². The van der Waals surface area contributed by atoms with Crippen molar-refractivity contribution < 1.29 is 14.0 Å². The molecule has 1 aromatic heterocycles. The number of rotatable bonds is 6. The molecule has 0 aliphatic carbocycles. The Morgan fingerprint density at radius 2 is 1.84 bits per heavy atom. The van der Waals surface area contributed by atoms with Gasteiger partial charge in [-0.2, -0.15) is 0 Å². The van der Waals surface area contributed by atoms with E-state index >= 15 is 0 Å². The predicted molar refractivity (Wildman–Crippen MR) is 125 cm³/mol. The van der Waals surface area contributed by atoms with Gasteiger partial charge in [-0.1, -0.05) is 42.5 Å². The second-order valence-corrected chi connectivity index (χ2v) is 8.95. The number of Topliss-reactive ketones (excluding diaryl/α,β-unsaturated/α-hetero) is 1. The number of amides is 2. The van der Waals surface area contributed by atoms with Crippen molar-refractivity contribution in [2.45, 2.75) is 25.8 Å². The summed E-state index contributed by atoms with van der Waals surface area (Å²) in [5, 5.41) is 6.35. The monoisotopic (exact) mass is 431 g/mol. The molecule has 4 heterocycles. The van der Waals surface area contributed by atoms with Crippen molar-refractivity contribution in [2.75, 3.05) is 26.7 Å². The molecule has 2 N–H and O–H groups in total. The Kier molecular flexibility index (Phi) is 5.70. The smallest absolute Gasteiger partial charge is 0.314 e. The summed E-state index contributed by atoms with van der Waals surface area (Å²) in [6, 6.07) is 15.6. The van der Waals surface area contributed by atoms with Crippen LogP contribution in [0.4, 0.5) is 4.79 Å². The number of fused-ring (bicyclic) bond motifs is 4. The fourth-order valence-corrected chi connectivity index (χ4v) is 5.27. The molecule has 6 nitrogen and oxygen atoms in total. The molecule has 3 aromatic rings. The highest BCUT2D eigenvalue weighted by molar-refractivity contribution is 6.01. The third-order valence-corrected chi connectivity index (χ3v) is 7.03. The molecule has 0 radical (unpaired) electrons. The minimum absolute atomic E-state index is 0.0977. The van der Waals surface area contributed by atoms with Crippen molar-refractivity contribution in [3.8, 4) is 11.1 Å². The Balaban J connectivity index is 1.42. The number of para-hydroxylation sites is 1. The van der Waals surface area contributed by atoms with E-state index < -0.39 is 0 Å². The molecule has 3 aliphatic heterocycles. The van der Waals surface area contributed by atoms with Crippen molar-refractivity contribution in [2.24, 2.45) is 11.8 Å². The van der Waals surface area contributed by atoms with E-state index in [1.54, 1.807) is 7.05 Å². The van der Waals surface area contributed by atoms with Crippen molar-refractivity contribution >= 4 is 22.8 Å². The molecular formula is C26H29N3O3. The lowest BCUT2D eigenvalue weighted by Gasteiger charge is -2.44. The summed E-state index contributed by atoms with van der Waals surface area (Å²) in [5.74, 6) is 1.66. The van der Waals surface area contributed by atoms with Gasteiger partial charge in [0.25, 0.3) is 0 Å². The van der Waals surface area contributed by atoms with E-state index in [0.29, 0.717) is 30.6 Å². The number of hydrogen-bond donors (Lipinski definition) is 2. The first-order valence-electron chi connectivity index (χ1n) is 11.4. The van der Waals surface area contributed by atoms with E-state index in [2.05, 4.69) is 15.5 Å². The summed E-state index contributed by atoms with van der Waals surface area (Å²) in [4.78, 5) is 27.3. The first-order chi connectivity index (χ1) is 15.6. The summed E-state index contributed by atoms with van der Waals surface area (Å²) in [5.41, 5.74) is 3.62. The van der Waals surface area contributed by atoms with Crippen LogP contribution in [0.5, 0.6) is 0 Å². The Morgan fingerprint density at radius 1 is 1.06 bits per heavy atom. The first-order valence-corrected chi connectivity index (χ1v) is 11.4. The molecule has 3 fully saturated rings. The van der Waals surface area contributed by atoms with E-state index in [1.165, 1.54) is 25.9 Å². The van der Waals surface area contributed by atoms with Gasteiger partial charge in [0, 0.05) is 37.5 Å². The van der Waals surface area contributed by atoms with Crippen LogP contribution in [0, 0.1) is 11.8 Å². The van der Waals surface area contributed by atoms with E-state index in [4.69, 9.17) is 4.42 Å². The fraction of sp³-hybridized carbons (Fsp3) is 0.385. The number of nitrogens with one attached hydrogen (secondary N) is 2. The van der Waals surface area contributed by atoms with Crippen LogP contribution in [-0.4, -0.2) is 43.4 Å². The van der Waals surface area contributed by atoms with Gasteiger partial charge in [-0.3, -0.25) is 4.79 Å². The maximum atomic E-state index is 13.1. The van der Waals surface area contributed by atoms with Crippen molar-refractivity contribution in [3.05, 3.63) is 59.9 Å². The molecule has 2 bridgehead atoms. The van der Waals surface area contributed by atoms with Crippen LogP contribution >= 0.6 is 0 Å². The Bertz CT molecular complexity index is 1140. The van der Waals surface area contributed by atoms with Gasteiger partial charge in [-0.25, -0.2) is 4.79 Å². The lowest BCUT2D eigenvalue weighted by atomic mass is 9.76. The van der Waals surface area contributed by atoms with Gasteiger partial charge in [0.1, 0.15) is 5.58 Å². The zero-order valence-electron chi connectivity index (χ0n) is 18.4. The average Bonchev–Trinajstić information content (AvgIpc) is 3.28. The lowest BCUT2D eigenvalue weighted by molar-refractivity contribution is 0.0433. The average molecular weight is 432 g/mol. The summed E-state index contributed by atoms with van der Waals surface area (Å²) in [7, 11) is 1.60. The third kappa shape index (κ3) is 4.02.